The Morgan fingerprint density at radius 2 is 2.28 bits per heavy atom. The van der Waals surface area contributed by atoms with Crippen molar-refractivity contribution in [1.82, 2.24) is 20.5 Å². The van der Waals surface area contributed by atoms with E-state index in [1.54, 1.807) is 0 Å². The lowest BCUT2D eigenvalue weighted by Gasteiger charge is -2.24. The van der Waals surface area contributed by atoms with Crippen molar-refractivity contribution in [3.63, 3.8) is 0 Å². The van der Waals surface area contributed by atoms with Crippen molar-refractivity contribution >= 4 is 17.7 Å². The third-order valence-electron chi connectivity index (χ3n) is 3.14. The average Bonchev–Trinajstić information content (AvgIpc) is 3.06. The summed E-state index contributed by atoms with van der Waals surface area (Å²) >= 11 is 1.38. The van der Waals surface area contributed by atoms with Gasteiger partial charge in [-0.05, 0) is 33.1 Å². The molecular weight excluding hydrogens is 248 g/mol. The Bertz CT molecular complexity index is 425. The average molecular weight is 268 g/mol. The Morgan fingerprint density at radius 3 is 2.89 bits per heavy atom. The Morgan fingerprint density at radius 1 is 1.56 bits per heavy atom. The Balaban J connectivity index is 1.78. The summed E-state index contributed by atoms with van der Waals surface area (Å²) in [6.07, 6.45) is 3.31. The maximum atomic E-state index is 11.7. The number of rotatable bonds is 6. The van der Waals surface area contributed by atoms with Crippen molar-refractivity contribution in [2.45, 2.75) is 56.6 Å². The third-order valence-corrected chi connectivity index (χ3v) is 3.99. The van der Waals surface area contributed by atoms with Gasteiger partial charge in [-0.15, -0.1) is 5.10 Å². The van der Waals surface area contributed by atoms with Crippen LogP contribution in [0.3, 0.4) is 0 Å². The van der Waals surface area contributed by atoms with E-state index in [1.165, 1.54) is 24.6 Å². The second kappa shape index (κ2) is 5.30. The van der Waals surface area contributed by atoms with E-state index in [-0.39, 0.29) is 11.4 Å². The minimum Gasteiger partial charge on any atom is -0.351 e. The first-order chi connectivity index (χ1) is 8.50. The van der Waals surface area contributed by atoms with Gasteiger partial charge in [0.1, 0.15) is 5.82 Å². The number of aromatic amines is 1. The van der Waals surface area contributed by atoms with E-state index >= 15 is 0 Å². The second-order valence-electron chi connectivity index (χ2n) is 5.35. The van der Waals surface area contributed by atoms with Crippen molar-refractivity contribution in [3.05, 3.63) is 5.82 Å². The van der Waals surface area contributed by atoms with Crippen molar-refractivity contribution in [1.29, 1.82) is 0 Å². The lowest BCUT2D eigenvalue weighted by Crippen LogP contribution is -2.43. The van der Waals surface area contributed by atoms with Crippen LogP contribution in [0.15, 0.2) is 5.16 Å². The van der Waals surface area contributed by atoms with E-state index in [0.717, 1.165) is 12.2 Å². The first-order valence-corrected chi connectivity index (χ1v) is 7.35. The Kier molecular flexibility index (Phi) is 3.94. The summed E-state index contributed by atoms with van der Waals surface area (Å²) in [5, 5.41) is 10.7. The summed E-state index contributed by atoms with van der Waals surface area (Å²) in [6, 6.07) is 0. The van der Waals surface area contributed by atoms with Gasteiger partial charge < -0.3 is 5.32 Å². The monoisotopic (exact) mass is 268 g/mol. The van der Waals surface area contributed by atoms with E-state index < -0.39 is 0 Å². The molecule has 0 atom stereocenters. The molecule has 6 heteroatoms. The molecule has 2 N–H and O–H groups in total. The zero-order valence-electron chi connectivity index (χ0n) is 11.1. The zero-order valence-corrected chi connectivity index (χ0v) is 11.9. The van der Waals surface area contributed by atoms with E-state index in [0.29, 0.717) is 16.8 Å². The number of H-pyrrole nitrogens is 1. The molecule has 5 nitrogen and oxygen atoms in total. The lowest BCUT2D eigenvalue weighted by molar-refractivity contribution is -0.120. The molecule has 0 unspecified atom stereocenters. The lowest BCUT2D eigenvalue weighted by atomic mass is 10.0. The van der Waals surface area contributed by atoms with Crippen LogP contribution in [0.1, 0.15) is 51.8 Å². The molecule has 0 spiro atoms. The molecule has 1 amide bonds. The van der Waals surface area contributed by atoms with Crippen molar-refractivity contribution in [2.75, 3.05) is 5.75 Å². The van der Waals surface area contributed by atoms with Crippen LogP contribution in [0.25, 0.3) is 0 Å². The summed E-state index contributed by atoms with van der Waals surface area (Å²) in [4.78, 5) is 16.1. The molecule has 0 aliphatic heterocycles. The molecular formula is C12H20N4OS. The molecule has 100 valence electrons. The van der Waals surface area contributed by atoms with Crippen LogP contribution in [0.2, 0.25) is 0 Å². The maximum absolute atomic E-state index is 11.7. The quantitative estimate of drug-likeness (QED) is 0.775. The zero-order chi connectivity index (χ0) is 13.2. The highest BCUT2D eigenvalue weighted by Gasteiger charge is 2.27. The fourth-order valence-electron chi connectivity index (χ4n) is 1.49. The van der Waals surface area contributed by atoms with Gasteiger partial charge in [0.2, 0.25) is 11.1 Å². The molecule has 0 aromatic carbocycles. The molecule has 1 aromatic heterocycles. The summed E-state index contributed by atoms with van der Waals surface area (Å²) < 4.78 is 0. The van der Waals surface area contributed by atoms with Crippen LogP contribution in [-0.4, -0.2) is 32.4 Å². The van der Waals surface area contributed by atoms with Crippen LogP contribution in [-0.2, 0) is 4.79 Å². The van der Waals surface area contributed by atoms with Crippen LogP contribution >= 0.6 is 11.8 Å². The van der Waals surface area contributed by atoms with Gasteiger partial charge in [0, 0.05) is 11.5 Å². The van der Waals surface area contributed by atoms with Crippen LogP contribution in [0.4, 0.5) is 0 Å². The predicted molar refractivity (Wildman–Crippen MR) is 71.6 cm³/mol. The summed E-state index contributed by atoms with van der Waals surface area (Å²) in [5.41, 5.74) is -0.143. The second-order valence-corrected chi connectivity index (χ2v) is 6.29. The SMILES string of the molecule is CCC(C)(C)NC(=O)CSc1n[nH]c(C2CC2)n1. The highest BCUT2D eigenvalue weighted by Crippen LogP contribution is 2.38. The molecule has 1 heterocycles. The minimum absolute atomic E-state index is 0.0321. The number of hydrogen-bond donors (Lipinski definition) is 2. The normalized spacial score (nSPS) is 15.7. The summed E-state index contributed by atoms with van der Waals surface area (Å²) in [7, 11) is 0. The number of hydrogen-bond acceptors (Lipinski definition) is 4. The van der Waals surface area contributed by atoms with Gasteiger partial charge in [0.05, 0.1) is 5.75 Å². The van der Waals surface area contributed by atoms with Gasteiger partial charge in [0.25, 0.3) is 0 Å². The highest BCUT2D eigenvalue weighted by atomic mass is 32.2. The molecule has 0 bridgehead atoms. The molecule has 0 radical (unpaired) electrons. The molecule has 1 aliphatic rings. The number of amides is 1. The van der Waals surface area contributed by atoms with E-state index in [1.807, 2.05) is 13.8 Å². The molecule has 1 saturated carbocycles. The molecule has 0 saturated heterocycles. The van der Waals surface area contributed by atoms with Crippen molar-refractivity contribution in [3.8, 4) is 0 Å². The molecule has 1 aliphatic carbocycles. The van der Waals surface area contributed by atoms with Gasteiger partial charge >= 0.3 is 0 Å². The number of thioether (sulfide) groups is 1. The van der Waals surface area contributed by atoms with Gasteiger partial charge in [-0.2, -0.15) is 0 Å². The number of carbonyl (C=O) groups is 1. The van der Waals surface area contributed by atoms with Gasteiger partial charge in [-0.25, -0.2) is 4.98 Å². The van der Waals surface area contributed by atoms with Crippen molar-refractivity contribution in [2.24, 2.45) is 0 Å². The topological polar surface area (TPSA) is 70.7 Å². The largest absolute Gasteiger partial charge is 0.351 e. The molecule has 18 heavy (non-hydrogen) atoms. The van der Waals surface area contributed by atoms with Crippen molar-refractivity contribution < 1.29 is 4.79 Å². The van der Waals surface area contributed by atoms with Gasteiger partial charge in [0.15, 0.2) is 0 Å². The third kappa shape index (κ3) is 3.73. The Hall–Kier alpha value is -1.04. The van der Waals surface area contributed by atoms with Gasteiger partial charge in [-0.3, -0.25) is 9.89 Å². The van der Waals surface area contributed by atoms with E-state index in [2.05, 4.69) is 27.4 Å². The maximum Gasteiger partial charge on any atom is 0.230 e. The predicted octanol–water partition coefficient (Wildman–Crippen LogP) is 2.08. The van der Waals surface area contributed by atoms with Crippen LogP contribution in [0.5, 0.6) is 0 Å². The van der Waals surface area contributed by atoms with Crippen LogP contribution < -0.4 is 5.32 Å². The van der Waals surface area contributed by atoms with Crippen LogP contribution in [0, 0.1) is 0 Å². The standard InChI is InChI=1S/C12H20N4OS/c1-4-12(2,3)14-9(17)7-18-11-13-10(15-16-11)8-5-6-8/h8H,4-7H2,1-3H3,(H,14,17)(H,13,15,16). The Labute approximate surface area is 112 Å². The van der Waals surface area contributed by atoms with E-state index in [4.69, 9.17) is 0 Å². The fourth-order valence-corrected chi connectivity index (χ4v) is 2.10. The number of carbonyl (C=O) groups excluding carboxylic acids is 1. The first kappa shape index (κ1) is 13.4. The smallest absolute Gasteiger partial charge is 0.230 e. The van der Waals surface area contributed by atoms with Gasteiger partial charge in [-0.1, -0.05) is 18.7 Å². The summed E-state index contributed by atoms with van der Waals surface area (Å²) in [5.74, 6) is 1.93. The number of nitrogens with one attached hydrogen (secondary N) is 2. The molecule has 2 rings (SSSR count). The molecule has 1 aromatic rings. The number of aromatic nitrogens is 3. The first-order valence-electron chi connectivity index (χ1n) is 6.36. The number of nitrogens with zero attached hydrogens (tertiary/aromatic N) is 2. The fraction of sp³-hybridized carbons (Fsp3) is 0.750. The summed E-state index contributed by atoms with van der Waals surface area (Å²) in [6.45, 7) is 6.10. The highest BCUT2D eigenvalue weighted by molar-refractivity contribution is 7.99. The molecule has 1 fully saturated rings. The minimum atomic E-state index is -0.143. The van der Waals surface area contributed by atoms with E-state index in [9.17, 15) is 4.79 Å².